The van der Waals surface area contributed by atoms with E-state index in [1.807, 2.05) is 0 Å². The summed E-state index contributed by atoms with van der Waals surface area (Å²) in [6.07, 6.45) is -4.70. The van der Waals surface area contributed by atoms with Crippen molar-refractivity contribution in [1.82, 2.24) is 4.98 Å². The summed E-state index contributed by atoms with van der Waals surface area (Å²) < 4.78 is 37.2. The highest BCUT2D eigenvalue weighted by Gasteiger charge is 2.32. The zero-order chi connectivity index (χ0) is 15.6. The molecular weight excluding hydrogens is 289 g/mol. The first-order valence-electron chi connectivity index (χ1n) is 5.68. The van der Waals surface area contributed by atoms with Crippen LogP contribution in [0, 0.1) is 0 Å². The van der Waals surface area contributed by atoms with Gasteiger partial charge in [-0.1, -0.05) is 6.07 Å². The van der Waals surface area contributed by atoms with Crippen LogP contribution in [0.2, 0.25) is 0 Å². The van der Waals surface area contributed by atoms with E-state index in [-0.39, 0.29) is 11.4 Å². The molecule has 0 radical (unpaired) electrons. The van der Waals surface area contributed by atoms with Gasteiger partial charge in [-0.05, 0) is 24.3 Å². The molecule has 8 heteroatoms. The number of hydrogen-bond donors (Lipinski definition) is 3. The molecule has 0 aliphatic carbocycles. The fourth-order valence-corrected chi connectivity index (χ4v) is 1.60. The molecule has 3 N–H and O–H groups in total. The molecule has 1 amide bonds. The second kappa shape index (κ2) is 5.31. The Morgan fingerprint density at radius 3 is 2.48 bits per heavy atom. The van der Waals surface area contributed by atoms with Crippen molar-refractivity contribution in [2.24, 2.45) is 0 Å². The highest BCUT2D eigenvalue weighted by atomic mass is 19.4. The number of amides is 1. The maximum absolute atomic E-state index is 12.4. The molecule has 0 bridgehead atoms. The molecule has 2 rings (SSSR count). The Kier molecular flexibility index (Phi) is 3.70. The van der Waals surface area contributed by atoms with Crippen molar-refractivity contribution in [3.63, 3.8) is 0 Å². The monoisotopic (exact) mass is 298 g/mol. The number of H-pyrrole nitrogens is 1. The number of benzene rings is 1. The van der Waals surface area contributed by atoms with Crippen molar-refractivity contribution in [2.75, 3.05) is 5.32 Å². The Morgan fingerprint density at radius 1 is 1.19 bits per heavy atom. The number of hydrogen-bond acceptors (Lipinski definition) is 3. The minimum Gasteiger partial charge on any atom is -0.508 e. The lowest BCUT2D eigenvalue weighted by Gasteiger charge is -2.08. The number of aromatic nitrogens is 1. The van der Waals surface area contributed by atoms with E-state index in [4.69, 9.17) is 0 Å². The van der Waals surface area contributed by atoms with Gasteiger partial charge in [0, 0.05) is 11.8 Å². The Labute approximate surface area is 116 Å². The average Bonchev–Trinajstić information content (AvgIpc) is 2.37. The van der Waals surface area contributed by atoms with Crippen LogP contribution in [0.4, 0.5) is 18.9 Å². The quantitative estimate of drug-likeness (QED) is 0.796. The van der Waals surface area contributed by atoms with E-state index in [9.17, 15) is 27.9 Å². The highest BCUT2D eigenvalue weighted by molar-refractivity contribution is 6.04. The number of alkyl halides is 3. The molecule has 21 heavy (non-hydrogen) atoms. The topological polar surface area (TPSA) is 82.2 Å². The first-order chi connectivity index (χ1) is 9.77. The van der Waals surface area contributed by atoms with E-state index in [1.54, 1.807) is 4.98 Å². The number of phenolic OH excluding ortho intramolecular Hbond substituents is 1. The van der Waals surface area contributed by atoms with Crippen LogP contribution in [0.1, 0.15) is 16.1 Å². The molecule has 0 fully saturated rings. The summed E-state index contributed by atoms with van der Waals surface area (Å²) in [7, 11) is 0. The summed E-state index contributed by atoms with van der Waals surface area (Å²) in [6.45, 7) is 0. The predicted octanol–water partition coefficient (Wildman–Crippen LogP) is 2.35. The molecule has 1 heterocycles. The second-order valence-corrected chi connectivity index (χ2v) is 4.12. The molecule has 0 aliphatic heterocycles. The Morgan fingerprint density at radius 2 is 1.90 bits per heavy atom. The number of phenols is 1. The summed E-state index contributed by atoms with van der Waals surface area (Å²) >= 11 is 0. The number of halogens is 3. The Hall–Kier alpha value is -2.77. The van der Waals surface area contributed by atoms with Crippen LogP contribution < -0.4 is 10.9 Å². The summed E-state index contributed by atoms with van der Waals surface area (Å²) in [5.74, 6) is -0.982. The SMILES string of the molecule is O=C(Nc1cccc(O)c1)c1ccc(C(F)(F)F)[nH]c1=O. The van der Waals surface area contributed by atoms with Crippen molar-refractivity contribution >= 4 is 11.6 Å². The standard InChI is InChI=1S/C13H9F3N2O3/c14-13(15,16)10-5-4-9(12(21)18-10)11(20)17-7-2-1-3-8(19)6-7/h1-6,19H,(H,17,20)(H,18,21). The number of carbonyl (C=O) groups excluding carboxylic acids is 1. The van der Waals surface area contributed by atoms with Crippen LogP contribution >= 0.6 is 0 Å². The molecule has 1 aromatic heterocycles. The number of nitrogens with one attached hydrogen (secondary N) is 2. The first kappa shape index (κ1) is 14.6. The van der Waals surface area contributed by atoms with Gasteiger partial charge in [0.25, 0.3) is 11.5 Å². The third kappa shape index (κ3) is 3.41. The zero-order valence-electron chi connectivity index (χ0n) is 10.4. The van der Waals surface area contributed by atoms with Gasteiger partial charge < -0.3 is 15.4 Å². The van der Waals surface area contributed by atoms with Gasteiger partial charge in [-0.25, -0.2) is 0 Å². The third-order valence-electron chi connectivity index (χ3n) is 2.56. The first-order valence-corrected chi connectivity index (χ1v) is 5.68. The highest BCUT2D eigenvalue weighted by Crippen LogP contribution is 2.26. The van der Waals surface area contributed by atoms with E-state index >= 15 is 0 Å². The van der Waals surface area contributed by atoms with E-state index in [1.165, 1.54) is 24.3 Å². The summed E-state index contributed by atoms with van der Waals surface area (Å²) in [5.41, 5.74) is -2.64. The van der Waals surface area contributed by atoms with Crippen LogP contribution in [0.3, 0.4) is 0 Å². The molecule has 0 aliphatic rings. The van der Waals surface area contributed by atoms with Crippen LogP contribution in [0.25, 0.3) is 0 Å². The van der Waals surface area contributed by atoms with Gasteiger partial charge in [0.2, 0.25) is 0 Å². The number of aromatic amines is 1. The second-order valence-electron chi connectivity index (χ2n) is 4.12. The van der Waals surface area contributed by atoms with Gasteiger partial charge in [0.05, 0.1) is 0 Å². The number of rotatable bonds is 2. The molecule has 0 spiro atoms. The van der Waals surface area contributed by atoms with E-state index in [0.29, 0.717) is 6.07 Å². The smallest absolute Gasteiger partial charge is 0.431 e. The normalized spacial score (nSPS) is 11.2. The summed E-state index contributed by atoms with van der Waals surface area (Å²) in [6, 6.07) is 6.92. The lowest BCUT2D eigenvalue weighted by atomic mass is 10.2. The van der Waals surface area contributed by atoms with E-state index in [0.717, 1.165) is 6.07 Å². The molecular formula is C13H9F3N2O3. The van der Waals surface area contributed by atoms with Crippen molar-refractivity contribution < 1.29 is 23.1 Å². The number of aromatic hydroxyl groups is 1. The number of pyridine rings is 1. The number of carbonyl (C=O) groups is 1. The maximum atomic E-state index is 12.4. The fraction of sp³-hybridized carbons (Fsp3) is 0.0769. The number of anilines is 1. The fourth-order valence-electron chi connectivity index (χ4n) is 1.60. The molecule has 0 saturated heterocycles. The van der Waals surface area contributed by atoms with Crippen molar-refractivity contribution in [3.05, 3.63) is 58.0 Å². The van der Waals surface area contributed by atoms with Gasteiger partial charge in [-0.2, -0.15) is 13.2 Å². The van der Waals surface area contributed by atoms with E-state index in [2.05, 4.69) is 5.32 Å². The van der Waals surface area contributed by atoms with Crippen LogP contribution in [0.5, 0.6) is 5.75 Å². The lowest BCUT2D eigenvalue weighted by molar-refractivity contribution is -0.141. The minimum atomic E-state index is -4.70. The van der Waals surface area contributed by atoms with Crippen LogP contribution in [0.15, 0.2) is 41.2 Å². The van der Waals surface area contributed by atoms with Crippen molar-refractivity contribution in [3.8, 4) is 5.75 Å². The van der Waals surface area contributed by atoms with Crippen LogP contribution in [-0.4, -0.2) is 16.0 Å². The molecule has 5 nitrogen and oxygen atoms in total. The van der Waals surface area contributed by atoms with Gasteiger partial charge in [-0.15, -0.1) is 0 Å². The average molecular weight is 298 g/mol. The molecule has 1 aromatic carbocycles. The molecule has 0 atom stereocenters. The van der Waals surface area contributed by atoms with Crippen molar-refractivity contribution in [1.29, 1.82) is 0 Å². The molecule has 110 valence electrons. The van der Waals surface area contributed by atoms with Gasteiger partial charge in [0.1, 0.15) is 17.0 Å². The maximum Gasteiger partial charge on any atom is 0.431 e. The Bertz CT molecular complexity index is 738. The molecule has 2 aromatic rings. The third-order valence-corrected chi connectivity index (χ3v) is 2.56. The van der Waals surface area contributed by atoms with Gasteiger partial charge in [0.15, 0.2) is 0 Å². The lowest BCUT2D eigenvalue weighted by Crippen LogP contribution is -2.25. The van der Waals surface area contributed by atoms with Crippen LogP contribution in [-0.2, 0) is 6.18 Å². The van der Waals surface area contributed by atoms with Gasteiger partial charge in [-0.3, -0.25) is 9.59 Å². The molecule has 0 unspecified atom stereocenters. The predicted molar refractivity (Wildman–Crippen MR) is 68.1 cm³/mol. The Balaban J connectivity index is 2.26. The van der Waals surface area contributed by atoms with Crippen molar-refractivity contribution in [2.45, 2.75) is 6.18 Å². The zero-order valence-corrected chi connectivity index (χ0v) is 10.4. The van der Waals surface area contributed by atoms with E-state index < -0.39 is 28.9 Å². The summed E-state index contributed by atoms with van der Waals surface area (Å²) in [4.78, 5) is 24.9. The largest absolute Gasteiger partial charge is 0.508 e. The molecule has 0 saturated carbocycles. The van der Waals surface area contributed by atoms with Gasteiger partial charge >= 0.3 is 6.18 Å². The summed E-state index contributed by atoms with van der Waals surface area (Å²) in [5, 5.41) is 11.5. The minimum absolute atomic E-state index is 0.103.